The maximum Gasteiger partial charge on any atom is 0.122 e. The van der Waals surface area contributed by atoms with Gasteiger partial charge in [0.05, 0.1) is 4.75 Å². The van der Waals surface area contributed by atoms with E-state index in [9.17, 15) is 4.21 Å². The van der Waals surface area contributed by atoms with Crippen molar-refractivity contribution in [1.29, 1.82) is 0 Å². The van der Waals surface area contributed by atoms with Gasteiger partial charge in [-0.05, 0) is 40.0 Å². The summed E-state index contributed by atoms with van der Waals surface area (Å²) in [6.07, 6.45) is 5.56. The van der Waals surface area contributed by atoms with Crippen molar-refractivity contribution in [2.75, 3.05) is 0 Å². The predicted octanol–water partition coefficient (Wildman–Crippen LogP) is 2.11. The van der Waals surface area contributed by atoms with Crippen molar-refractivity contribution in [3.05, 3.63) is 11.8 Å². The van der Waals surface area contributed by atoms with Crippen molar-refractivity contribution in [3.8, 4) is 0 Å². The molecule has 12 heavy (non-hydrogen) atoms. The van der Waals surface area contributed by atoms with E-state index in [0.717, 1.165) is 0 Å². The first-order valence-electron chi connectivity index (χ1n) is 4.36. The van der Waals surface area contributed by atoms with Crippen molar-refractivity contribution in [2.24, 2.45) is 0 Å². The van der Waals surface area contributed by atoms with Gasteiger partial charge in [-0.15, -0.1) is 0 Å². The van der Waals surface area contributed by atoms with Crippen LogP contribution in [-0.2, 0) is 11.0 Å². The smallest absolute Gasteiger partial charge is 0.122 e. The van der Waals surface area contributed by atoms with Crippen LogP contribution in [0.1, 0.15) is 40.0 Å². The molecular weight excluding hydrogens is 170 g/mol. The summed E-state index contributed by atoms with van der Waals surface area (Å²) in [5, 5.41) is 0. The van der Waals surface area contributed by atoms with E-state index in [1.54, 1.807) is 0 Å². The van der Waals surface area contributed by atoms with Gasteiger partial charge in [0.2, 0.25) is 0 Å². The predicted molar refractivity (Wildman–Crippen MR) is 53.0 cm³/mol. The summed E-state index contributed by atoms with van der Waals surface area (Å²) in [6.45, 7) is 5.90. The van der Waals surface area contributed by atoms with Crippen molar-refractivity contribution >= 4 is 11.0 Å². The number of allylic oxidation sites excluding steroid dienone is 1. The van der Waals surface area contributed by atoms with Crippen LogP contribution in [-0.4, -0.2) is 8.96 Å². The molecule has 0 aromatic rings. The largest absolute Gasteiger partial charge is 0.312 e. The Morgan fingerprint density at radius 3 is 2.33 bits per heavy atom. The molecule has 1 aliphatic carbocycles. The maximum absolute atomic E-state index is 11.5. The summed E-state index contributed by atoms with van der Waals surface area (Å²) in [5.41, 5.74) is 1.40. The van der Waals surface area contributed by atoms with Crippen molar-refractivity contribution in [2.45, 2.75) is 44.8 Å². The highest BCUT2D eigenvalue weighted by atomic mass is 32.2. The molecule has 1 atom stereocenters. The van der Waals surface area contributed by atoms with E-state index >= 15 is 0 Å². The van der Waals surface area contributed by atoms with Gasteiger partial charge in [-0.1, -0.05) is 5.57 Å². The SMILES string of the molecule is CC(C)(C)S(=O)NC=C1CCC1. The molecule has 70 valence electrons. The van der Waals surface area contributed by atoms with Crippen LogP contribution in [0.3, 0.4) is 0 Å². The zero-order valence-corrected chi connectivity index (χ0v) is 8.83. The highest BCUT2D eigenvalue weighted by molar-refractivity contribution is 7.84. The molecule has 0 radical (unpaired) electrons. The zero-order chi connectivity index (χ0) is 9.19. The molecule has 0 bridgehead atoms. The molecule has 1 unspecified atom stereocenters. The van der Waals surface area contributed by atoms with Gasteiger partial charge in [0, 0.05) is 6.20 Å². The second-order valence-corrected chi connectivity index (χ2v) is 6.15. The Morgan fingerprint density at radius 1 is 1.42 bits per heavy atom. The average molecular weight is 187 g/mol. The van der Waals surface area contributed by atoms with E-state index in [4.69, 9.17) is 0 Å². The summed E-state index contributed by atoms with van der Waals surface area (Å²) in [6, 6.07) is 0. The van der Waals surface area contributed by atoms with Crippen LogP contribution in [0, 0.1) is 0 Å². The normalized spacial score (nSPS) is 19.8. The number of nitrogens with one attached hydrogen (secondary N) is 1. The number of rotatable bonds is 2. The zero-order valence-electron chi connectivity index (χ0n) is 8.02. The van der Waals surface area contributed by atoms with Gasteiger partial charge in [0.1, 0.15) is 11.0 Å². The van der Waals surface area contributed by atoms with Crippen LogP contribution >= 0.6 is 0 Å². The molecule has 0 aliphatic heterocycles. The van der Waals surface area contributed by atoms with Gasteiger partial charge in [-0.3, -0.25) is 0 Å². The molecule has 0 amide bonds. The van der Waals surface area contributed by atoms with E-state index in [0.29, 0.717) is 0 Å². The van der Waals surface area contributed by atoms with Gasteiger partial charge in [-0.2, -0.15) is 0 Å². The number of hydrogen-bond acceptors (Lipinski definition) is 1. The molecular formula is C9H17NOS. The molecule has 1 rings (SSSR count). The highest BCUT2D eigenvalue weighted by Crippen LogP contribution is 2.24. The lowest BCUT2D eigenvalue weighted by Crippen LogP contribution is -2.30. The van der Waals surface area contributed by atoms with Crippen LogP contribution in [0.25, 0.3) is 0 Å². The van der Waals surface area contributed by atoms with Gasteiger partial charge >= 0.3 is 0 Å². The lowest BCUT2D eigenvalue weighted by molar-refractivity contribution is 0.636. The van der Waals surface area contributed by atoms with E-state index in [2.05, 4.69) is 4.72 Å². The molecule has 0 spiro atoms. The average Bonchev–Trinajstić information content (AvgIpc) is 1.81. The minimum Gasteiger partial charge on any atom is -0.312 e. The minimum atomic E-state index is -0.952. The summed E-state index contributed by atoms with van der Waals surface area (Å²) < 4.78 is 14.2. The van der Waals surface area contributed by atoms with Crippen molar-refractivity contribution in [3.63, 3.8) is 0 Å². The monoisotopic (exact) mass is 187 g/mol. The fourth-order valence-electron chi connectivity index (χ4n) is 0.839. The summed E-state index contributed by atoms with van der Waals surface area (Å²) in [7, 11) is -0.952. The third kappa shape index (κ3) is 2.63. The standard InChI is InChI=1S/C9H17NOS/c1-9(2,3)12(11)10-7-8-5-4-6-8/h7,10H,4-6H2,1-3H3. The van der Waals surface area contributed by atoms with Crippen molar-refractivity contribution < 1.29 is 4.21 Å². The van der Waals surface area contributed by atoms with Gasteiger partial charge in [0.25, 0.3) is 0 Å². The maximum atomic E-state index is 11.5. The first kappa shape index (κ1) is 9.78. The fourth-order valence-corrected chi connectivity index (χ4v) is 1.47. The van der Waals surface area contributed by atoms with Crippen molar-refractivity contribution in [1.82, 2.24) is 4.72 Å². The summed E-state index contributed by atoms with van der Waals surface area (Å²) in [4.78, 5) is 0. The Kier molecular flexibility index (Phi) is 2.94. The van der Waals surface area contributed by atoms with Gasteiger partial charge in [-0.25, -0.2) is 4.21 Å². The Morgan fingerprint density at radius 2 is 2.00 bits per heavy atom. The molecule has 0 aromatic carbocycles. The molecule has 0 heterocycles. The van der Waals surface area contributed by atoms with E-state index in [1.807, 2.05) is 27.0 Å². The second-order valence-electron chi connectivity index (χ2n) is 4.16. The molecule has 1 saturated carbocycles. The molecule has 0 saturated heterocycles. The Bertz CT molecular complexity index is 209. The molecule has 1 fully saturated rings. The first-order valence-corrected chi connectivity index (χ1v) is 5.51. The topological polar surface area (TPSA) is 29.1 Å². The molecule has 1 N–H and O–H groups in total. The Labute approximate surface area is 77.0 Å². The van der Waals surface area contributed by atoms with Gasteiger partial charge < -0.3 is 4.72 Å². The summed E-state index contributed by atoms with van der Waals surface area (Å²) in [5.74, 6) is 0. The van der Waals surface area contributed by atoms with Crippen LogP contribution in [0.5, 0.6) is 0 Å². The fraction of sp³-hybridized carbons (Fsp3) is 0.778. The summed E-state index contributed by atoms with van der Waals surface area (Å²) >= 11 is 0. The number of hydrogen-bond donors (Lipinski definition) is 1. The van der Waals surface area contributed by atoms with E-state index < -0.39 is 11.0 Å². The Hall–Kier alpha value is -0.310. The third-order valence-electron chi connectivity index (χ3n) is 1.92. The van der Waals surface area contributed by atoms with E-state index in [-0.39, 0.29) is 4.75 Å². The first-order chi connectivity index (χ1) is 5.50. The van der Waals surface area contributed by atoms with Crippen LogP contribution in [0.4, 0.5) is 0 Å². The second kappa shape index (κ2) is 3.60. The lowest BCUT2D eigenvalue weighted by atomic mass is 9.94. The van der Waals surface area contributed by atoms with Crippen LogP contribution in [0.15, 0.2) is 11.8 Å². The molecule has 0 aromatic heterocycles. The quantitative estimate of drug-likeness (QED) is 0.705. The van der Waals surface area contributed by atoms with Gasteiger partial charge in [0.15, 0.2) is 0 Å². The highest BCUT2D eigenvalue weighted by Gasteiger charge is 2.18. The lowest BCUT2D eigenvalue weighted by Gasteiger charge is -2.20. The molecule has 1 aliphatic rings. The van der Waals surface area contributed by atoms with Crippen LogP contribution in [0.2, 0.25) is 0 Å². The van der Waals surface area contributed by atoms with E-state index in [1.165, 1.54) is 24.8 Å². The molecule has 3 heteroatoms. The molecule has 2 nitrogen and oxygen atoms in total. The minimum absolute atomic E-state index is 0.166. The Balaban J connectivity index is 2.36. The third-order valence-corrected chi connectivity index (χ3v) is 3.37. The van der Waals surface area contributed by atoms with Crippen LogP contribution < -0.4 is 4.72 Å².